The van der Waals surface area contributed by atoms with Crippen molar-refractivity contribution in [2.75, 3.05) is 5.32 Å². The molecule has 0 radical (unpaired) electrons. The molecule has 0 bridgehead atoms. The monoisotopic (exact) mass is 275 g/mol. The van der Waals surface area contributed by atoms with E-state index in [1.807, 2.05) is 17.4 Å². The van der Waals surface area contributed by atoms with Crippen LogP contribution in [0.3, 0.4) is 0 Å². The van der Waals surface area contributed by atoms with Crippen LogP contribution in [0.15, 0.2) is 30.3 Å². The summed E-state index contributed by atoms with van der Waals surface area (Å²) in [7, 11) is 0. The highest BCUT2D eigenvalue weighted by Gasteiger charge is 2.17. The molecule has 100 valence electrons. The molecule has 1 aliphatic carbocycles. The highest BCUT2D eigenvalue weighted by Crippen LogP contribution is 2.34. The lowest BCUT2D eigenvalue weighted by molar-refractivity contribution is 0.628. The molecule has 1 aromatic heterocycles. The largest absolute Gasteiger partial charge is 0.375 e. The molecular formula is C16H18FNS. The SMILES string of the molecule is CC(Nc1ccccc1F)c1cc2c(s1)CCCC2. The summed E-state index contributed by atoms with van der Waals surface area (Å²) in [6.45, 7) is 2.10. The van der Waals surface area contributed by atoms with E-state index in [0.717, 1.165) is 0 Å². The molecule has 3 heteroatoms. The van der Waals surface area contributed by atoms with Gasteiger partial charge in [0.25, 0.3) is 0 Å². The molecule has 0 spiro atoms. The Balaban J connectivity index is 1.79. The predicted molar refractivity (Wildman–Crippen MR) is 79.4 cm³/mol. The fourth-order valence-corrected chi connectivity index (χ4v) is 3.87. The smallest absolute Gasteiger partial charge is 0.146 e. The van der Waals surface area contributed by atoms with Crippen LogP contribution in [0.25, 0.3) is 0 Å². The predicted octanol–water partition coefficient (Wildman–Crippen LogP) is 4.94. The zero-order valence-electron chi connectivity index (χ0n) is 11.1. The highest BCUT2D eigenvalue weighted by atomic mass is 32.1. The van der Waals surface area contributed by atoms with Crippen molar-refractivity contribution in [2.24, 2.45) is 0 Å². The van der Waals surface area contributed by atoms with Gasteiger partial charge in [0.15, 0.2) is 0 Å². The molecule has 1 aromatic carbocycles. The summed E-state index contributed by atoms with van der Waals surface area (Å²) >= 11 is 1.88. The molecule has 1 aliphatic rings. The molecule has 0 saturated heterocycles. The van der Waals surface area contributed by atoms with Gasteiger partial charge in [0, 0.05) is 9.75 Å². The number of anilines is 1. The molecule has 1 heterocycles. The van der Waals surface area contributed by atoms with Crippen molar-refractivity contribution < 1.29 is 4.39 Å². The molecule has 0 amide bonds. The molecule has 1 unspecified atom stereocenters. The Hall–Kier alpha value is -1.35. The quantitative estimate of drug-likeness (QED) is 0.836. The van der Waals surface area contributed by atoms with E-state index in [1.165, 1.54) is 47.1 Å². The Labute approximate surface area is 117 Å². The number of rotatable bonds is 3. The van der Waals surface area contributed by atoms with Gasteiger partial charge >= 0.3 is 0 Å². The van der Waals surface area contributed by atoms with Crippen molar-refractivity contribution in [3.8, 4) is 0 Å². The van der Waals surface area contributed by atoms with E-state index >= 15 is 0 Å². The van der Waals surface area contributed by atoms with E-state index in [0.29, 0.717) is 5.69 Å². The summed E-state index contributed by atoms with van der Waals surface area (Å²) in [5, 5.41) is 3.27. The van der Waals surface area contributed by atoms with Gasteiger partial charge in [-0.25, -0.2) is 4.39 Å². The van der Waals surface area contributed by atoms with E-state index in [1.54, 1.807) is 12.1 Å². The maximum absolute atomic E-state index is 13.6. The fourth-order valence-electron chi connectivity index (χ4n) is 2.61. The van der Waals surface area contributed by atoms with Gasteiger partial charge in [-0.15, -0.1) is 11.3 Å². The molecular weight excluding hydrogens is 257 g/mol. The maximum Gasteiger partial charge on any atom is 0.146 e. The second-order valence-electron chi connectivity index (χ2n) is 5.15. The Morgan fingerprint density at radius 3 is 2.79 bits per heavy atom. The van der Waals surface area contributed by atoms with Crippen molar-refractivity contribution in [1.82, 2.24) is 0 Å². The van der Waals surface area contributed by atoms with Gasteiger partial charge < -0.3 is 5.32 Å². The maximum atomic E-state index is 13.6. The lowest BCUT2D eigenvalue weighted by atomic mass is 9.99. The number of thiophene rings is 1. The lowest BCUT2D eigenvalue weighted by Crippen LogP contribution is -2.06. The van der Waals surface area contributed by atoms with Crippen molar-refractivity contribution in [3.63, 3.8) is 0 Å². The number of hydrogen-bond donors (Lipinski definition) is 1. The number of hydrogen-bond acceptors (Lipinski definition) is 2. The average molecular weight is 275 g/mol. The number of fused-ring (bicyclic) bond motifs is 1. The van der Waals surface area contributed by atoms with Crippen molar-refractivity contribution in [1.29, 1.82) is 0 Å². The summed E-state index contributed by atoms with van der Waals surface area (Å²) < 4.78 is 13.6. The van der Waals surface area contributed by atoms with Crippen molar-refractivity contribution >= 4 is 17.0 Å². The number of benzene rings is 1. The molecule has 2 aromatic rings. The summed E-state index contributed by atoms with van der Waals surface area (Å²) in [6, 6.07) is 9.32. The Kier molecular flexibility index (Phi) is 3.56. The number of para-hydroxylation sites is 1. The molecule has 0 aliphatic heterocycles. The van der Waals surface area contributed by atoms with Crippen LogP contribution in [0, 0.1) is 5.82 Å². The lowest BCUT2D eigenvalue weighted by Gasteiger charge is -2.14. The molecule has 19 heavy (non-hydrogen) atoms. The van der Waals surface area contributed by atoms with Gasteiger partial charge in [0.2, 0.25) is 0 Å². The summed E-state index contributed by atoms with van der Waals surface area (Å²) in [5.74, 6) is -0.185. The van der Waals surface area contributed by atoms with Gasteiger partial charge in [-0.2, -0.15) is 0 Å². The first-order valence-corrected chi connectivity index (χ1v) is 7.68. The first-order valence-electron chi connectivity index (χ1n) is 6.86. The first kappa shape index (κ1) is 12.7. The standard InChI is InChI=1S/C16H18FNS/c1-11(18-14-8-4-3-7-13(14)17)16-10-12-6-2-5-9-15(12)19-16/h3-4,7-8,10-11,18H,2,5-6,9H2,1H3. The minimum atomic E-state index is -0.185. The Bertz CT molecular complexity index is 552. The van der Waals surface area contributed by atoms with E-state index < -0.39 is 0 Å². The normalized spacial score (nSPS) is 15.9. The molecule has 3 rings (SSSR count). The molecule has 0 fully saturated rings. The highest BCUT2D eigenvalue weighted by molar-refractivity contribution is 7.12. The Morgan fingerprint density at radius 1 is 1.21 bits per heavy atom. The third-order valence-corrected chi connectivity index (χ3v) is 5.11. The minimum absolute atomic E-state index is 0.160. The van der Waals surface area contributed by atoms with Crippen LogP contribution in [0.2, 0.25) is 0 Å². The fraction of sp³-hybridized carbons (Fsp3) is 0.375. The van der Waals surface area contributed by atoms with Crippen LogP contribution >= 0.6 is 11.3 Å². The van der Waals surface area contributed by atoms with Crippen molar-refractivity contribution in [2.45, 2.75) is 38.6 Å². The zero-order valence-corrected chi connectivity index (χ0v) is 11.9. The van der Waals surface area contributed by atoms with Gasteiger partial charge in [-0.05, 0) is 56.4 Å². The molecule has 1 N–H and O–H groups in total. The van der Waals surface area contributed by atoms with E-state index in [-0.39, 0.29) is 11.9 Å². The van der Waals surface area contributed by atoms with Gasteiger partial charge in [0.05, 0.1) is 11.7 Å². The molecule has 1 atom stereocenters. The second-order valence-corrected chi connectivity index (χ2v) is 6.32. The van der Waals surface area contributed by atoms with Crippen LogP contribution in [-0.2, 0) is 12.8 Å². The van der Waals surface area contributed by atoms with Crippen LogP contribution in [0.5, 0.6) is 0 Å². The van der Waals surface area contributed by atoms with Gasteiger partial charge in [-0.1, -0.05) is 12.1 Å². The topological polar surface area (TPSA) is 12.0 Å². The van der Waals surface area contributed by atoms with Crippen LogP contribution in [0.1, 0.15) is 41.1 Å². The van der Waals surface area contributed by atoms with Gasteiger partial charge in [-0.3, -0.25) is 0 Å². The summed E-state index contributed by atoms with van der Waals surface area (Å²) in [6.07, 6.45) is 5.03. The van der Waals surface area contributed by atoms with E-state index in [4.69, 9.17) is 0 Å². The average Bonchev–Trinajstić information content (AvgIpc) is 2.85. The summed E-state index contributed by atoms with van der Waals surface area (Å²) in [4.78, 5) is 2.85. The third-order valence-electron chi connectivity index (χ3n) is 3.69. The second kappa shape index (κ2) is 5.33. The van der Waals surface area contributed by atoms with Crippen molar-refractivity contribution in [3.05, 3.63) is 51.5 Å². The third kappa shape index (κ3) is 2.66. The van der Waals surface area contributed by atoms with Crippen LogP contribution in [-0.4, -0.2) is 0 Å². The van der Waals surface area contributed by atoms with E-state index in [9.17, 15) is 4.39 Å². The number of halogens is 1. The van der Waals surface area contributed by atoms with Gasteiger partial charge in [0.1, 0.15) is 5.82 Å². The summed E-state index contributed by atoms with van der Waals surface area (Å²) in [5.41, 5.74) is 2.09. The zero-order chi connectivity index (χ0) is 13.2. The molecule has 0 saturated carbocycles. The van der Waals surface area contributed by atoms with Crippen LogP contribution < -0.4 is 5.32 Å². The minimum Gasteiger partial charge on any atom is -0.375 e. The number of aryl methyl sites for hydroxylation is 2. The molecule has 1 nitrogen and oxygen atoms in total. The van der Waals surface area contributed by atoms with E-state index in [2.05, 4.69) is 18.3 Å². The van der Waals surface area contributed by atoms with Crippen LogP contribution in [0.4, 0.5) is 10.1 Å². The number of nitrogens with one attached hydrogen (secondary N) is 1. The first-order chi connectivity index (χ1) is 9.24. The Morgan fingerprint density at radius 2 is 2.00 bits per heavy atom.